The molecule has 2 aromatic carbocycles. The molecule has 0 spiro atoms. The van der Waals surface area contributed by atoms with Crippen molar-refractivity contribution in [2.75, 3.05) is 11.9 Å². The van der Waals surface area contributed by atoms with Gasteiger partial charge in [-0.1, -0.05) is 12.1 Å². The van der Waals surface area contributed by atoms with Crippen LogP contribution in [0.15, 0.2) is 74.8 Å². The number of nitrogens with zero attached hydrogens (tertiary/aromatic N) is 4. The van der Waals surface area contributed by atoms with Gasteiger partial charge in [0.15, 0.2) is 6.61 Å². The van der Waals surface area contributed by atoms with E-state index in [1.54, 1.807) is 52.6 Å². The molecular formula is C22H15N5O4S2. The van der Waals surface area contributed by atoms with Crippen molar-refractivity contribution < 1.29 is 14.5 Å². The smallest absolute Gasteiger partial charge is 0.294 e. The van der Waals surface area contributed by atoms with Crippen molar-refractivity contribution in [3.63, 3.8) is 0 Å². The van der Waals surface area contributed by atoms with E-state index >= 15 is 0 Å². The molecule has 0 fully saturated rings. The predicted molar refractivity (Wildman–Crippen MR) is 128 cm³/mol. The summed E-state index contributed by atoms with van der Waals surface area (Å²) in [5.74, 6) is 0.368. The zero-order chi connectivity index (χ0) is 22.8. The van der Waals surface area contributed by atoms with E-state index in [9.17, 15) is 14.9 Å². The highest BCUT2D eigenvalue weighted by atomic mass is 32.1. The number of fused-ring (bicyclic) bond motifs is 1. The first-order chi connectivity index (χ1) is 16.1. The van der Waals surface area contributed by atoms with Crippen LogP contribution < -0.4 is 14.9 Å². The Kier molecular flexibility index (Phi) is 5.55. The summed E-state index contributed by atoms with van der Waals surface area (Å²) in [6, 6.07) is 13.7. The van der Waals surface area contributed by atoms with E-state index in [0.717, 1.165) is 11.1 Å². The number of hydrogen-bond donors (Lipinski definition) is 1. The fraction of sp³-hybridized carbons (Fsp3) is 0.0455. The molecule has 1 aliphatic heterocycles. The van der Waals surface area contributed by atoms with E-state index in [1.807, 2.05) is 28.3 Å². The number of carbonyl (C=O) groups is 1. The van der Waals surface area contributed by atoms with Gasteiger partial charge in [-0.3, -0.25) is 14.9 Å². The fourth-order valence-corrected chi connectivity index (χ4v) is 4.68. The van der Waals surface area contributed by atoms with Gasteiger partial charge in [0.1, 0.15) is 11.4 Å². The maximum absolute atomic E-state index is 11.7. The summed E-state index contributed by atoms with van der Waals surface area (Å²) < 4.78 is 7.08. The minimum atomic E-state index is -0.460. The monoisotopic (exact) mass is 477 g/mol. The second-order valence-corrected chi connectivity index (χ2v) is 8.54. The molecule has 0 radical (unpaired) electrons. The molecule has 1 amide bonds. The second-order valence-electron chi connectivity index (χ2n) is 6.92. The molecule has 0 saturated heterocycles. The first-order valence-electron chi connectivity index (χ1n) is 9.71. The molecule has 0 unspecified atom stereocenters. The predicted octanol–water partition coefficient (Wildman–Crippen LogP) is 4.63. The highest BCUT2D eigenvalue weighted by molar-refractivity contribution is 7.08. The molecule has 4 aromatic rings. The first-order valence-corrected chi connectivity index (χ1v) is 11.5. The third-order valence-corrected chi connectivity index (χ3v) is 6.27. The van der Waals surface area contributed by atoms with E-state index in [1.165, 1.54) is 17.4 Å². The van der Waals surface area contributed by atoms with Gasteiger partial charge in [0.2, 0.25) is 4.80 Å². The van der Waals surface area contributed by atoms with Crippen molar-refractivity contribution in [3.05, 3.63) is 85.2 Å². The van der Waals surface area contributed by atoms with Gasteiger partial charge in [-0.05, 0) is 41.1 Å². The van der Waals surface area contributed by atoms with E-state index in [4.69, 9.17) is 4.74 Å². The quantitative estimate of drug-likeness (QED) is 0.257. The molecule has 9 nitrogen and oxygen atoms in total. The molecule has 2 aromatic heterocycles. The van der Waals surface area contributed by atoms with Gasteiger partial charge in [-0.15, -0.1) is 11.3 Å². The van der Waals surface area contributed by atoms with Crippen LogP contribution in [-0.2, 0) is 4.79 Å². The minimum Gasteiger partial charge on any atom is -0.482 e. The lowest BCUT2D eigenvalue weighted by Gasteiger charge is -2.18. The Bertz CT molecular complexity index is 1450. The van der Waals surface area contributed by atoms with Crippen molar-refractivity contribution >= 4 is 51.9 Å². The highest BCUT2D eigenvalue weighted by Gasteiger charge is 2.18. The van der Waals surface area contributed by atoms with Crippen molar-refractivity contribution in [3.8, 4) is 17.0 Å². The van der Waals surface area contributed by atoms with Crippen LogP contribution in [-0.4, -0.2) is 28.3 Å². The van der Waals surface area contributed by atoms with Gasteiger partial charge in [0, 0.05) is 22.6 Å². The topological polar surface area (TPSA) is 111 Å². The molecule has 0 saturated carbocycles. The Hall–Kier alpha value is -4.09. The Morgan fingerprint density at radius 1 is 1.18 bits per heavy atom. The number of nitro benzene ring substituents is 1. The average molecular weight is 478 g/mol. The van der Waals surface area contributed by atoms with Gasteiger partial charge < -0.3 is 10.1 Å². The molecule has 0 atom stereocenters. The lowest BCUT2D eigenvalue weighted by Crippen LogP contribution is -2.25. The van der Waals surface area contributed by atoms with Crippen LogP contribution in [0.1, 0.15) is 5.56 Å². The van der Waals surface area contributed by atoms with Crippen molar-refractivity contribution in [2.24, 2.45) is 10.1 Å². The standard InChI is InChI=1S/C22H15N5O4S2/c28-21-11-31-20-6-5-15(9-17(20)24-21)19-13-33-22(26(19)23-10-14-7-8-32-12-14)25-16-3-1-2-4-18(16)27(29)30/h1-10,12-13H,11H2,(H,24,28). The highest BCUT2D eigenvalue weighted by Crippen LogP contribution is 2.33. The molecule has 1 N–H and O–H groups in total. The molecule has 5 rings (SSSR count). The molecule has 1 aliphatic rings. The summed E-state index contributed by atoms with van der Waals surface area (Å²) in [7, 11) is 0. The molecule has 3 heterocycles. The van der Waals surface area contributed by atoms with Gasteiger partial charge in [-0.2, -0.15) is 16.4 Å². The number of rotatable bonds is 5. The Morgan fingerprint density at radius 3 is 2.88 bits per heavy atom. The Labute approximate surface area is 195 Å². The lowest BCUT2D eigenvalue weighted by atomic mass is 10.1. The number of nitrogens with one attached hydrogen (secondary N) is 1. The summed E-state index contributed by atoms with van der Waals surface area (Å²) in [6.45, 7) is -0.0192. The number of hydrogen-bond acceptors (Lipinski definition) is 8. The lowest BCUT2D eigenvalue weighted by molar-refractivity contribution is -0.384. The first kappa shape index (κ1) is 20.8. The number of amides is 1. The number of nitro groups is 1. The van der Waals surface area contributed by atoms with E-state index in [-0.39, 0.29) is 23.9 Å². The number of thiazole rings is 1. The van der Waals surface area contributed by atoms with Crippen LogP contribution in [0.5, 0.6) is 5.75 Å². The number of ether oxygens (including phenoxy) is 1. The van der Waals surface area contributed by atoms with Crippen molar-refractivity contribution in [2.45, 2.75) is 0 Å². The number of aromatic nitrogens is 1. The summed E-state index contributed by atoms with van der Waals surface area (Å²) in [5.41, 5.74) is 3.14. The van der Waals surface area contributed by atoms with Crippen LogP contribution >= 0.6 is 22.7 Å². The number of thiophene rings is 1. The molecule has 164 valence electrons. The zero-order valence-corrected chi connectivity index (χ0v) is 18.5. The number of carbonyl (C=O) groups excluding carboxylic acids is 1. The summed E-state index contributed by atoms with van der Waals surface area (Å²) in [4.78, 5) is 27.7. The molecule has 33 heavy (non-hydrogen) atoms. The van der Waals surface area contributed by atoms with Crippen LogP contribution in [0.4, 0.5) is 17.1 Å². The zero-order valence-electron chi connectivity index (χ0n) is 16.9. The Morgan fingerprint density at radius 2 is 2.06 bits per heavy atom. The minimum absolute atomic E-state index is 0.0192. The van der Waals surface area contributed by atoms with Crippen molar-refractivity contribution in [1.82, 2.24) is 4.68 Å². The van der Waals surface area contributed by atoms with Crippen LogP contribution in [0.3, 0.4) is 0 Å². The van der Waals surface area contributed by atoms with Gasteiger partial charge >= 0.3 is 0 Å². The van der Waals surface area contributed by atoms with Crippen LogP contribution in [0.2, 0.25) is 0 Å². The SMILES string of the molecule is O=C1COc2ccc(-c3csc(=Nc4ccccc4[N+](=O)[O-])n3N=Cc3ccsc3)cc2N1. The molecular weight excluding hydrogens is 462 g/mol. The van der Waals surface area contributed by atoms with Gasteiger partial charge in [0.25, 0.3) is 11.6 Å². The Balaban J connectivity index is 1.66. The van der Waals surface area contributed by atoms with Crippen LogP contribution in [0.25, 0.3) is 11.3 Å². The fourth-order valence-electron chi connectivity index (χ4n) is 3.22. The summed E-state index contributed by atoms with van der Waals surface area (Å²) >= 11 is 2.86. The number of anilines is 1. The average Bonchev–Trinajstić information content (AvgIpc) is 3.47. The molecule has 11 heteroatoms. The molecule has 0 bridgehead atoms. The third kappa shape index (κ3) is 4.31. The second kappa shape index (κ2) is 8.81. The van der Waals surface area contributed by atoms with E-state index in [2.05, 4.69) is 15.4 Å². The van der Waals surface area contributed by atoms with Gasteiger partial charge in [-0.25, -0.2) is 9.67 Å². The van der Waals surface area contributed by atoms with Gasteiger partial charge in [0.05, 0.1) is 22.5 Å². The molecule has 0 aliphatic carbocycles. The largest absolute Gasteiger partial charge is 0.482 e. The number of para-hydroxylation sites is 2. The van der Waals surface area contributed by atoms with Crippen LogP contribution in [0, 0.1) is 10.1 Å². The van der Waals surface area contributed by atoms with Crippen molar-refractivity contribution in [1.29, 1.82) is 0 Å². The van der Waals surface area contributed by atoms with E-state index < -0.39 is 4.92 Å². The summed E-state index contributed by atoms with van der Waals surface area (Å²) in [5, 5.41) is 24.6. The van der Waals surface area contributed by atoms with E-state index in [0.29, 0.717) is 21.9 Å². The maximum atomic E-state index is 11.7. The number of benzene rings is 2. The maximum Gasteiger partial charge on any atom is 0.294 e. The third-order valence-electron chi connectivity index (χ3n) is 4.75. The normalized spacial score (nSPS) is 13.6. The summed E-state index contributed by atoms with van der Waals surface area (Å²) in [6.07, 6.45) is 1.70.